The van der Waals surface area contributed by atoms with Crippen LogP contribution in [0.25, 0.3) is 0 Å². The van der Waals surface area contributed by atoms with Gasteiger partial charge in [0.2, 0.25) is 0 Å². The summed E-state index contributed by atoms with van der Waals surface area (Å²) < 4.78 is 9.80. The Labute approximate surface area is 79.7 Å². The smallest absolute Gasteiger partial charge is 0.334 e. The molecule has 0 aliphatic carbocycles. The van der Waals surface area contributed by atoms with E-state index in [4.69, 9.17) is 9.47 Å². The SMILES string of the molecule is CCOC(=O)C=C(CC(C)C)OC. The van der Waals surface area contributed by atoms with Gasteiger partial charge in [0.1, 0.15) is 5.76 Å². The normalized spacial score (nSPS) is 11.6. The van der Waals surface area contributed by atoms with Crippen molar-refractivity contribution in [3.8, 4) is 0 Å². The first kappa shape index (κ1) is 12.0. The molecule has 0 rings (SSSR count). The number of carbonyl (C=O) groups is 1. The molecule has 0 aromatic carbocycles. The summed E-state index contributed by atoms with van der Waals surface area (Å²) in [5.41, 5.74) is 0. The number of hydrogen-bond acceptors (Lipinski definition) is 3. The number of carbonyl (C=O) groups excluding carboxylic acids is 1. The van der Waals surface area contributed by atoms with Crippen molar-refractivity contribution < 1.29 is 14.3 Å². The van der Waals surface area contributed by atoms with E-state index in [1.807, 2.05) is 0 Å². The van der Waals surface area contributed by atoms with E-state index >= 15 is 0 Å². The molecule has 13 heavy (non-hydrogen) atoms. The molecule has 3 nitrogen and oxygen atoms in total. The van der Waals surface area contributed by atoms with Crippen molar-refractivity contribution in [1.82, 2.24) is 0 Å². The minimum Gasteiger partial charge on any atom is -0.501 e. The zero-order valence-electron chi connectivity index (χ0n) is 8.79. The Morgan fingerprint density at radius 3 is 2.46 bits per heavy atom. The minimum absolute atomic E-state index is 0.333. The lowest BCUT2D eigenvalue weighted by atomic mass is 10.1. The number of hydrogen-bond donors (Lipinski definition) is 0. The molecule has 0 N–H and O–H groups in total. The second-order valence-corrected chi connectivity index (χ2v) is 3.16. The summed E-state index contributed by atoms with van der Waals surface area (Å²) in [7, 11) is 1.56. The molecule has 0 radical (unpaired) electrons. The summed E-state index contributed by atoms with van der Waals surface area (Å²) in [4.78, 5) is 11.0. The predicted octanol–water partition coefficient (Wildman–Crippen LogP) is 2.13. The van der Waals surface area contributed by atoms with E-state index in [1.54, 1.807) is 14.0 Å². The van der Waals surface area contributed by atoms with E-state index in [1.165, 1.54) is 6.08 Å². The third kappa shape index (κ3) is 6.20. The van der Waals surface area contributed by atoms with Gasteiger partial charge in [0.05, 0.1) is 19.8 Å². The van der Waals surface area contributed by atoms with Crippen molar-refractivity contribution in [2.24, 2.45) is 5.92 Å². The maximum Gasteiger partial charge on any atom is 0.334 e. The highest BCUT2D eigenvalue weighted by atomic mass is 16.5. The molecule has 0 saturated carbocycles. The van der Waals surface area contributed by atoms with Crippen LogP contribution >= 0.6 is 0 Å². The number of ether oxygens (including phenoxy) is 2. The first-order valence-electron chi connectivity index (χ1n) is 4.51. The summed E-state index contributed by atoms with van der Waals surface area (Å²) >= 11 is 0. The van der Waals surface area contributed by atoms with Gasteiger partial charge < -0.3 is 9.47 Å². The highest BCUT2D eigenvalue weighted by Gasteiger charge is 2.04. The van der Waals surface area contributed by atoms with Crippen LogP contribution < -0.4 is 0 Å². The summed E-state index contributed by atoms with van der Waals surface area (Å²) in [6.45, 7) is 6.31. The van der Waals surface area contributed by atoms with Crippen molar-refractivity contribution in [3.05, 3.63) is 11.8 Å². The summed E-state index contributed by atoms with van der Waals surface area (Å²) in [6.07, 6.45) is 2.17. The van der Waals surface area contributed by atoms with Crippen LogP contribution in [0.2, 0.25) is 0 Å². The fourth-order valence-corrected chi connectivity index (χ4v) is 0.919. The Balaban J connectivity index is 4.12. The van der Waals surface area contributed by atoms with Gasteiger partial charge >= 0.3 is 5.97 Å². The molecule has 0 aromatic heterocycles. The van der Waals surface area contributed by atoms with Crippen LogP contribution in [0.4, 0.5) is 0 Å². The molecule has 0 unspecified atom stereocenters. The van der Waals surface area contributed by atoms with Crippen molar-refractivity contribution >= 4 is 5.97 Å². The van der Waals surface area contributed by atoms with Crippen LogP contribution in [0.5, 0.6) is 0 Å². The van der Waals surface area contributed by atoms with Gasteiger partial charge in [-0.05, 0) is 12.8 Å². The Kier molecular flexibility index (Phi) is 6.02. The van der Waals surface area contributed by atoms with E-state index in [-0.39, 0.29) is 5.97 Å². The van der Waals surface area contributed by atoms with E-state index < -0.39 is 0 Å². The number of esters is 1. The molecule has 0 aromatic rings. The molecule has 0 saturated heterocycles. The van der Waals surface area contributed by atoms with Crippen LogP contribution in [-0.2, 0) is 14.3 Å². The highest BCUT2D eigenvalue weighted by molar-refractivity contribution is 5.82. The Morgan fingerprint density at radius 2 is 2.08 bits per heavy atom. The monoisotopic (exact) mass is 186 g/mol. The first-order chi connectivity index (χ1) is 6.10. The molecule has 0 spiro atoms. The third-order valence-electron chi connectivity index (χ3n) is 1.44. The highest BCUT2D eigenvalue weighted by Crippen LogP contribution is 2.10. The summed E-state index contributed by atoms with van der Waals surface area (Å²) in [6, 6.07) is 0. The van der Waals surface area contributed by atoms with E-state index in [0.29, 0.717) is 18.3 Å². The molecule has 0 bridgehead atoms. The largest absolute Gasteiger partial charge is 0.501 e. The lowest BCUT2D eigenvalue weighted by Gasteiger charge is -2.08. The van der Waals surface area contributed by atoms with Gasteiger partial charge in [0.25, 0.3) is 0 Å². The van der Waals surface area contributed by atoms with E-state index in [2.05, 4.69) is 13.8 Å². The predicted molar refractivity (Wildman–Crippen MR) is 51.2 cm³/mol. The molecular formula is C10H18O3. The van der Waals surface area contributed by atoms with Crippen molar-refractivity contribution in [3.63, 3.8) is 0 Å². The topological polar surface area (TPSA) is 35.5 Å². The molecule has 0 atom stereocenters. The second-order valence-electron chi connectivity index (χ2n) is 3.16. The average molecular weight is 186 g/mol. The standard InChI is InChI=1S/C10H18O3/c1-5-13-10(11)7-9(12-4)6-8(2)3/h7-8H,5-6H2,1-4H3. The van der Waals surface area contributed by atoms with Gasteiger partial charge in [-0.3, -0.25) is 0 Å². The Bertz CT molecular complexity index is 183. The molecule has 0 fully saturated rings. The maximum atomic E-state index is 11.0. The maximum absolute atomic E-state index is 11.0. The lowest BCUT2D eigenvalue weighted by Crippen LogP contribution is -2.03. The van der Waals surface area contributed by atoms with Gasteiger partial charge in [0.15, 0.2) is 0 Å². The molecule has 3 heteroatoms. The molecule has 76 valence electrons. The number of methoxy groups -OCH3 is 1. The van der Waals surface area contributed by atoms with Gasteiger partial charge in [-0.2, -0.15) is 0 Å². The van der Waals surface area contributed by atoms with Gasteiger partial charge in [-0.15, -0.1) is 0 Å². The Morgan fingerprint density at radius 1 is 1.46 bits per heavy atom. The summed E-state index contributed by atoms with van der Waals surface area (Å²) in [5, 5.41) is 0. The zero-order chi connectivity index (χ0) is 10.3. The molecule has 0 amide bonds. The number of allylic oxidation sites excluding steroid dienone is 1. The minimum atomic E-state index is -0.333. The molecule has 0 aliphatic rings. The molecule has 0 aliphatic heterocycles. The van der Waals surface area contributed by atoms with Gasteiger partial charge in [-0.1, -0.05) is 13.8 Å². The lowest BCUT2D eigenvalue weighted by molar-refractivity contribution is -0.137. The van der Waals surface area contributed by atoms with Crippen LogP contribution in [0, 0.1) is 5.92 Å². The summed E-state index contributed by atoms with van der Waals surface area (Å²) in [5.74, 6) is 0.814. The van der Waals surface area contributed by atoms with Gasteiger partial charge in [0, 0.05) is 6.42 Å². The molecule has 0 heterocycles. The zero-order valence-corrected chi connectivity index (χ0v) is 8.79. The van der Waals surface area contributed by atoms with Gasteiger partial charge in [-0.25, -0.2) is 4.79 Å². The fraction of sp³-hybridized carbons (Fsp3) is 0.700. The quantitative estimate of drug-likeness (QED) is 0.375. The third-order valence-corrected chi connectivity index (χ3v) is 1.44. The van der Waals surface area contributed by atoms with Crippen molar-refractivity contribution in [1.29, 1.82) is 0 Å². The fourth-order valence-electron chi connectivity index (χ4n) is 0.919. The first-order valence-corrected chi connectivity index (χ1v) is 4.51. The molecular weight excluding hydrogens is 168 g/mol. The van der Waals surface area contributed by atoms with E-state index in [0.717, 1.165) is 6.42 Å². The van der Waals surface area contributed by atoms with Crippen LogP contribution in [0.15, 0.2) is 11.8 Å². The van der Waals surface area contributed by atoms with Crippen molar-refractivity contribution in [2.45, 2.75) is 27.2 Å². The van der Waals surface area contributed by atoms with Crippen LogP contribution in [-0.4, -0.2) is 19.7 Å². The van der Waals surface area contributed by atoms with Crippen LogP contribution in [0.3, 0.4) is 0 Å². The Hall–Kier alpha value is -0.990. The van der Waals surface area contributed by atoms with Crippen LogP contribution in [0.1, 0.15) is 27.2 Å². The average Bonchev–Trinajstić information content (AvgIpc) is 2.02. The van der Waals surface area contributed by atoms with E-state index in [9.17, 15) is 4.79 Å². The van der Waals surface area contributed by atoms with Crippen molar-refractivity contribution in [2.75, 3.05) is 13.7 Å². The second kappa shape index (κ2) is 6.52. The number of rotatable bonds is 5.